The molecule has 1 saturated heterocycles. The van der Waals surface area contributed by atoms with E-state index in [1.54, 1.807) is 0 Å². The van der Waals surface area contributed by atoms with Gasteiger partial charge in [-0.3, -0.25) is 0 Å². The minimum absolute atomic E-state index is 0.253. The third-order valence-corrected chi connectivity index (χ3v) is 2.66. The van der Waals surface area contributed by atoms with Crippen molar-refractivity contribution >= 4 is 0 Å². The highest BCUT2D eigenvalue weighted by molar-refractivity contribution is 5.20. The molecule has 0 radical (unpaired) electrons. The molecule has 2 rings (SSSR count). The summed E-state index contributed by atoms with van der Waals surface area (Å²) in [7, 11) is 0. The maximum absolute atomic E-state index is 8.97. The van der Waals surface area contributed by atoms with Crippen LogP contribution in [-0.4, -0.2) is 17.8 Å². The van der Waals surface area contributed by atoms with Crippen molar-refractivity contribution in [3.63, 3.8) is 0 Å². The first kappa shape index (κ1) is 8.73. The van der Waals surface area contributed by atoms with E-state index in [-0.39, 0.29) is 6.61 Å². The van der Waals surface area contributed by atoms with E-state index < -0.39 is 0 Å². The lowest BCUT2D eigenvalue weighted by atomic mass is 10.1. The Kier molecular flexibility index (Phi) is 2.62. The summed E-state index contributed by atoms with van der Waals surface area (Å²) >= 11 is 0. The van der Waals surface area contributed by atoms with Crippen LogP contribution in [0.2, 0.25) is 0 Å². The molecule has 2 heteroatoms. The molecule has 1 aliphatic heterocycles. The lowest BCUT2D eigenvalue weighted by molar-refractivity contribution is 0.251. The van der Waals surface area contributed by atoms with E-state index in [1.807, 2.05) is 6.07 Å². The minimum Gasteiger partial charge on any atom is -0.395 e. The van der Waals surface area contributed by atoms with Crippen LogP contribution in [0.15, 0.2) is 30.3 Å². The largest absolute Gasteiger partial charge is 0.395 e. The second-order valence-corrected chi connectivity index (χ2v) is 3.59. The first-order chi connectivity index (χ1) is 6.40. The van der Waals surface area contributed by atoms with Gasteiger partial charge in [-0.1, -0.05) is 30.3 Å². The third-order valence-electron chi connectivity index (χ3n) is 2.66. The van der Waals surface area contributed by atoms with Crippen LogP contribution in [0.4, 0.5) is 0 Å². The number of aliphatic hydroxyl groups excluding tert-OH is 1. The van der Waals surface area contributed by atoms with Crippen molar-refractivity contribution in [1.82, 2.24) is 5.32 Å². The Morgan fingerprint density at radius 2 is 2.00 bits per heavy atom. The Bertz CT molecular complexity index is 260. The minimum atomic E-state index is 0.253. The molecule has 1 aromatic carbocycles. The van der Waals surface area contributed by atoms with Crippen LogP contribution in [0.25, 0.3) is 0 Å². The highest BCUT2D eigenvalue weighted by Gasteiger charge is 2.23. The SMILES string of the molecule is OC[C@H]1CC[C@@H](c2ccccc2)N1. The van der Waals surface area contributed by atoms with Crippen molar-refractivity contribution in [2.45, 2.75) is 24.9 Å². The second-order valence-electron chi connectivity index (χ2n) is 3.59. The van der Waals surface area contributed by atoms with Gasteiger partial charge in [-0.25, -0.2) is 0 Å². The molecule has 0 saturated carbocycles. The number of hydrogen-bond donors (Lipinski definition) is 2. The molecule has 1 aromatic rings. The number of benzene rings is 1. The summed E-state index contributed by atoms with van der Waals surface area (Å²) in [6.45, 7) is 0.253. The average Bonchev–Trinajstić information content (AvgIpc) is 2.67. The van der Waals surface area contributed by atoms with E-state index in [0.717, 1.165) is 12.8 Å². The Balaban J connectivity index is 2.04. The van der Waals surface area contributed by atoms with Gasteiger partial charge in [0.2, 0.25) is 0 Å². The van der Waals surface area contributed by atoms with Gasteiger partial charge >= 0.3 is 0 Å². The summed E-state index contributed by atoms with van der Waals surface area (Å²) in [5.74, 6) is 0. The molecule has 1 fully saturated rings. The molecule has 0 unspecified atom stereocenters. The lowest BCUT2D eigenvalue weighted by Gasteiger charge is -2.12. The molecule has 13 heavy (non-hydrogen) atoms. The van der Waals surface area contributed by atoms with Gasteiger partial charge in [0.15, 0.2) is 0 Å². The molecule has 1 heterocycles. The van der Waals surface area contributed by atoms with E-state index >= 15 is 0 Å². The van der Waals surface area contributed by atoms with Gasteiger partial charge < -0.3 is 10.4 Å². The Morgan fingerprint density at radius 1 is 1.23 bits per heavy atom. The van der Waals surface area contributed by atoms with Crippen LogP contribution < -0.4 is 5.32 Å². The number of rotatable bonds is 2. The summed E-state index contributed by atoms with van der Waals surface area (Å²) in [4.78, 5) is 0. The zero-order chi connectivity index (χ0) is 9.10. The van der Waals surface area contributed by atoms with Gasteiger partial charge in [0.25, 0.3) is 0 Å². The average molecular weight is 177 g/mol. The van der Waals surface area contributed by atoms with Gasteiger partial charge in [-0.05, 0) is 18.4 Å². The number of nitrogens with one attached hydrogen (secondary N) is 1. The summed E-state index contributed by atoms with van der Waals surface area (Å²) in [6.07, 6.45) is 2.21. The molecular formula is C11H15NO. The molecule has 2 atom stereocenters. The van der Waals surface area contributed by atoms with Crippen molar-refractivity contribution in [3.8, 4) is 0 Å². The van der Waals surface area contributed by atoms with Crippen molar-refractivity contribution in [2.75, 3.05) is 6.61 Å². The van der Waals surface area contributed by atoms with Gasteiger partial charge in [-0.15, -0.1) is 0 Å². The highest BCUT2D eigenvalue weighted by Crippen LogP contribution is 2.25. The molecule has 2 N–H and O–H groups in total. The fraction of sp³-hybridized carbons (Fsp3) is 0.455. The number of aliphatic hydroxyl groups is 1. The Hall–Kier alpha value is -0.860. The van der Waals surface area contributed by atoms with Crippen LogP contribution in [0.5, 0.6) is 0 Å². The molecule has 2 nitrogen and oxygen atoms in total. The molecule has 0 aromatic heterocycles. The Labute approximate surface area is 78.6 Å². The first-order valence-corrected chi connectivity index (χ1v) is 4.82. The Morgan fingerprint density at radius 3 is 2.62 bits per heavy atom. The summed E-state index contributed by atoms with van der Waals surface area (Å²) in [5.41, 5.74) is 1.33. The zero-order valence-corrected chi connectivity index (χ0v) is 7.61. The van der Waals surface area contributed by atoms with Crippen LogP contribution in [0.3, 0.4) is 0 Å². The van der Waals surface area contributed by atoms with Gasteiger partial charge in [-0.2, -0.15) is 0 Å². The standard InChI is InChI=1S/C11H15NO/c13-8-10-6-7-11(12-10)9-4-2-1-3-5-9/h1-5,10-13H,6-8H2/t10-,11+/m1/s1. The van der Waals surface area contributed by atoms with Gasteiger partial charge in [0, 0.05) is 12.1 Å². The molecule has 0 aliphatic carbocycles. The summed E-state index contributed by atoms with van der Waals surface area (Å²) < 4.78 is 0. The van der Waals surface area contributed by atoms with E-state index in [0.29, 0.717) is 12.1 Å². The van der Waals surface area contributed by atoms with E-state index in [1.165, 1.54) is 5.56 Å². The van der Waals surface area contributed by atoms with Gasteiger partial charge in [0.1, 0.15) is 0 Å². The maximum atomic E-state index is 8.97. The topological polar surface area (TPSA) is 32.3 Å². The molecule has 0 bridgehead atoms. The summed E-state index contributed by atoms with van der Waals surface area (Å²) in [6, 6.07) is 11.2. The highest BCUT2D eigenvalue weighted by atomic mass is 16.3. The van der Waals surface area contributed by atoms with E-state index in [2.05, 4.69) is 29.6 Å². The molecule has 1 aliphatic rings. The van der Waals surface area contributed by atoms with Crippen molar-refractivity contribution < 1.29 is 5.11 Å². The van der Waals surface area contributed by atoms with Crippen molar-refractivity contribution in [1.29, 1.82) is 0 Å². The summed E-state index contributed by atoms with van der Waals surface area (Å²) in [5, 5.41) is 12.4. The third kappa shape index (κ3) is 1.90. The predicted molar refractivity (Wildman–Crippen MR) is 52.4 cm³/mol. The maximum Gasteiger partial charge on any atom is 0.0584 e. The second kappa shape index (κ2) is 3.90. The predicted octanol–water partition coefficient (Wildman–Crippen LogP) is 1.47. The quantitative estimate of drug-likeness (QED) is 0.717. The van der Waals surface area contributed by atoms with Crippen molar-refractivity contribution in [3.05, 3.63) is 35.9 Å². The van der Waals surface area contributed by atoms with Crippen LogP contribution in [0.1, 0.15) is 24.4 Å². The van der Waals surface area contributed by atoms with Crippen LogP contribution >= 0.6 is 0 Å². The fourth-order valence-corrected chi connectivity index (χ4v) is 1.91. The van der Waals surface area contributed by atoms with Crippen LogP contribution in [0, 0.1) is 0 Å². The normalized spacial score (nSPS) is 27.8. The smallest absolute Gasteiger partial charge is 0.0584 e. The molecule has 0 spiro atoms. The van der Waals surface area contributed by atoms with E-state index in [4.69, 9.17) is 5.11 Å². The zero-order valence-electron chi connectivity index (χ0n) is 7.61. The van der Waals surface area contributed by atoms with Crippen molar-refractivity contribution in [2.24, 2.45) is 0 Å². The van der Waals surface area contributed by atoms with E-state index in [9.17, 15) is 0 Å². The monoisotopic (exact) mass is 177 g/mol. The number of hydrogen-bond acceptors (Lipinski definition) is 2. The molecule has 70 valence electrons. The molecular weight excluding hydrogens is 162 g/mol. The molecule has 0 amide bonds. The van der Waals surface area contributed by atoms with Gasteiger partial charge in [0.05, 0.1) is 6.61 Å². The fourth-order valence-electron chi connectivity index (χ4n) is 1.91. The first-order valence-electron chi connectivity index (χ1n) is 4.82. The van der Waals surface area contributed by atoms with Crippen LogP contribution in [-0.2, 0) is 0 Å². The lowest BCUT2D eigenvalue weighted by Crippen LogP contribution is -2.27.